The number of pyridine rings is 1. The maximum atomic E-state index is 12.8. The zero-order valence-corrected chi connectivity index (χ0v) is 21.7. The molecular weight excluding hydrogens is 492 g/mol. The lowest BCUT2D eigenvalue weighted by molar-refractivity contribution is 0.0943. The van der Waals surface area contributed by atoms with Crippen LogP contribution in [0.2, 0.25) is 0 Å². The highest BCUT2D eigenvalue weighted by molar-refractivity contribution is 7.91. The molecule has 0 bridgehead atoms. The minimum Gasteiger partial charge on any atom is -0.492 e. The van der Waals surface area contributed by atoms with E-state index in [2.05, 4.69) is 24.3 Å². The van der Waals surface area contributed by atoms with Crippen LogP contribution in [0.15, 0.2) is 40.9 Å². The Morgan fingerprint density at radius 2 is 1.95 bits per heavy atom. The molecular formula is C26H34N6O4S. The summed E-state index contributed by atoms with van der Waals surface area (Å²) in [7, 11) is -3.84. The maximum Gasteiger partial charge on any atom is 0.344 e. The van der Waals surface area contributed by atoms with Crippen molar-refractivity contribution >= 4 is 33.5 Å². The first-order valence-corrected chi connectivity index (χ1v) is 14.5. The quantitative estimate of drug-likeness (QED) is 0.504. The number of fused-ring (bicyclic) bond motifs is 1. The summed E-state index contributed by atoms with van der Waals surface area (Å²) in [6, 6.07) is 8.75. The van der Waals surface area contributed by atoms with Crippen LogP contribution in [0.5, 0.6) is 5.75 Å². The van der Waals surface area contributed by atoms with Crippen molar-refractivity contribution in [2.24, 2.45) is 22.0 Å². The van der Waals surface area contributed by atoms with E-state index in [4.69, 9.17) is 10.5 Å². The first kappa shape index (κ1) is 25.3. The first-order chi connectivity index (χ1) is 17.9. The van der Waals surface area contributed by atoms with Crippen molar-refractivity contribution in [3.63, 3.8) is 0 Å². The predicted molar refractivity (Wildman–Crippen MR) is 143 cm³/mol. The molecule has 10 nitrogen and oxygen atoms in total. The van der Waals surface area contributed by atoms with Crippen molar-refractivity contribution in [3.8, 4) is 5.75 Å². The number of carbonyl (C=O) groups is 1. The minimum atomic E-state index is -3.84. The van der Waals surface area contributed by atoms with Gasteiger partial charge in [-0.1, -0.05) is 25.3 Å². The van der Waals surface area contributed by atoms with Crippen molar-refractivity contribution in [1.29, 1.82) is 0 Å². The minimum absolute atomic E-state index is 0.0464. The fraction of sp³-hybridized carbons (Fsp3) is 0.500. The SMILES string of the molecule is NC1=NS(=O)(=O)Nc2cccc(OC[C@H]3CCCN(c4cc(C(=O)NCC5CCCCC5)ccn4)C3)c21. The fourth-order valence-electron chi connectivity index (χ4n) is 5.42. The van der Waals surface area contributed by atoms with E-state index in [0.717, 1.165) is 38.3 Å². The monoisotopic (exact) mass is 526 g/mol. The van der Waals surface area contributed by atoms with Gasteiger partial charge in [-0.05, 0) is 55.9 Å². The molecule has 0 spiro atoms. The van der Waals surface area contributed by atoms with Gasteiger partial charge in [0.2, 0.25) is 0 Å². The van der Waals surface area contributed by atoms with Crippen LogP contribution in [0, 0.1) is 11.8 Å². The molecule has 5 rings (SSSR count). The van der Waals surface area contributed by atoms with Gasteiger partial charge in [-0.25, -0.2) is 4.98 Å². The number of hydrogen-bond acceptors (Lipinski definition) is 7. The molecule has 0 unspecified atom stereocenters. The molecule has 0 radical (unpaired) electrons. The third kappa shape index (κ3) is 6.15. The third-order valence-electron chi connectivity index (χ3n) is 7.34. The van der Waals surface area contributed by atoms with Gasteiger partial charge in [0.25, 0.3) is 5.91 Å². The standard InChI is InChI=1S/C26H34N6O4S/c27-25-24-21(30-37(34,35)31-25)9-4-10-22(24)36-17-19-8-5-13-32(16-19)23-14-20(11-12-28-23)26(33)29-15-18-6-2-1-3-7-18/h4,9-12,14,18-19,30H,1-3,5-8,13,15-17H2,(H2,27,31)(H,29,33)/t19-/m0/s1. The number of ether oxygens (including phenoxy) is 1. The van der Waals surface area contributed by atoms with Gasteiger partial charge < -0.3 is 20.7 Å². The summed E-state index contributed by atoms with van der Waals surface area (Å²) < 4.78 is 35.7. The molecule has 3 aliphatic rings. The average Bonchev–Trinajstić information content (AvgIpc) is 2.90. The van der Waals surface area contributed by atoms with Gasteiger partial charge in [0.15, 0.2) is 5.84 Å². The first-order valence-electron chi connectivity index (χ1n) is 13.0. The van der Waals surface area contributed by atoms with Crippen LogP contribution in [0.3, 0.4) is 0 Å². The van der Waals surface area contributed by atoms with Crippen LogP contribution < -0.4 is 25.4 Å². The molecule has 2 aromatic rings. The van der Waals surface area contributed by atoms with Crippen LogP contribution in [0.25, 0.3) is 0 Å². The maximum absolute atomic E-state index is 12.8. The van der Waals surface area contributed by atoms with Crippen molar-refractivity contribution in [2.75, 3.05) is 35.9 Å². The van der Waals surface area contributed by atoms with Crippen molar-refractivity contribution in [2.45, 2.75) is 44.9 Å². The van der Waals surface area contributed by atoms with Gasteiger partial charge in [-0.15, -0.1) is 4.40 Å². The van der Waals surface area contributed by atoms with E-state index < -0.39 is 10.2 Å². The largest absolute Gasteiger partial charge is 0.492 e. The number of nitrogens with two attached hydrogens (primary N) is 1. The smallest absolute Gasteiger partial charge is 0.344 e. The predicted octanol–water partition coefficient (Wildman–Crippen LogP) is 3.06. The van der Waals surface area contributed by atoms with Gasteiger partial charge in [0, 0.05) is 37.3 Å². The molecule has 2 fully saturated rings. The lowest BCUT2D eigenvalue weighted by atomic mass is 9.89. The van der Waals surface area contributed by atoms with E-state index in [-0.39, 0.29) is 17.7 Å². The summed E-state index contributed by atoms with van der Waals surface area (Å²) in [6.45, 7) is 2.78. The second-order valence-corrected chi connectivity index (χ2v) is 11.5. The molecule has 1 saturated carbocycles. The Kier molecular flexibility index (Phi) is 7.50. The van der Waals surface area contributed by atoms with Gasteiger partial charge in [-0.2, -0.15) is 8.42 Å². The zero-order valence-electron chi connectivity index (χ0n) is 20.9. The average molecular weight is 527 g/mol. The summed E-state index contributed by atoms with van der Waals surface area (Å²) in [5, 5.41) is 3.11. The molecule has 1 amide bonds. The number of hydrogen-bond donors (Lipinski definition) is 3. The molecule has 1 atom stereocenters. The Labute approximate surface area is 217 Å². The molecule has 1 aromatic heterocycles. The van der Waals surface area contributed by atoms with E-state index in [1.165, 1.54) is 32.1 Å². The van der Waals surface area contributed by atoms with Gasteiger partial charge in [0.05, 0.1) is 17.9 Å². The normalized spacial score (nSPS) is 21.4. The Bertz CT molecular complexity index is 1280. The molecule has 1 aliphatic carbocycles. The highest BCUT2D eigenvalue weighted by Gasteiger charge is 2.26. The lowest BCUT2D eigenvalue weighted by Crippen LogP contribution is -2.38. The summed E-state index contributed by atoms with van der Waals surface area (Å²) in [5.74, 6) is 1.96. The molecule has 198 valence electrons. The molecule has 2 aliphatic heterocycles. The van der Waals surface area contributed by atoms with Crippen LogP contribution in [0.4, 0.5) is 11.5 Å². The number of nitrogens with one attached hydrogen (secondary N) is 2. The number of aromatic nitrogens is 1. The molecule has 11 heteroatoms. The molecule has 3 heterocycles. The Morgan fingerprint density at radius 3 is 2.78 bits per heavy atom. The van der Waals surface area contributed by atoms with E-state index in [1.807, 2.05) is 6.07 Å². The van der Waals surface area contributed by atoms with Crippen LogP contribution in [-0.2, 0) is 10.2 Å². The fourth-order valence-corrected chi connectivity index (χ4v) is 6.26. The van der Waals surface area contributed by atoms with Crippen molar-refractivity contribution in [1.82, 2.24) is 10.3 Å². The highest BCUT2D eigenvalue weighted by atomic mass is 32.2. The van der Waals surface area contributed by atoms with Gasteiger partial charge in [0.1, 0.15) is 11.6 Å². The highest BCUT2D eigenvalue weighted by Crippen LogP contribution is 2.31. The van der Waals surface area contributed by atoms with Crippen molar-refractivity contribution < 1.29 is 17.9 Å². The van der Waals surface area contributed by atoms with Crippen LogP contribution in [0.1, 0.15) is 60.9 Å². The second kappa shape index (κ2) is 11.0. The summed E-state index contributed by atoms with van der Waals surface area (Å²) in [5.41, 5.74) is 7.38. The van der Waals surface area contributed by atoms with Crippen LogP contribution in [-0.4, -0.2) is 51.4 Å². The summed E-state index contributed by atoms with van der Waals surface area (Å²) in [6.07, 6.45) is 9.87. The Hall–Kier alpha value is -3.34. The number of rotatable bonds is 7. The number of nitrogens with zero attached hydrogens (tertiary/aromatic N) is 3. The summed E-state index contributed by atoms with van der Waals surface area (Å²) in [4.78, 5) is 19.5. The second-order valence-electron chi connectivity index (χ2n) is 10.1. The van der Waals surface area contributed by atoms with E-state index in [1.54, 1.807) is 30.5 Å². The number of amidine groups is 1. The number of piperidine rings is 1. The number of carbonyl (C=O) groups excluding carboxylic acids is 1. The molecule has 4 N–H and O–H groups in total. The zero-order chi connectivity index (χ0) is 25.8. The Morgan fingerprint density at radius 1 is 1.14 bits per heavy atom. The van der Waals surface area contributed by atoms with E-state index in [9.17, 15) is 13.2 Å². The van der Waals surface area contributed by atoms with Gasteiger partial charge >= 0.3 is 10.2 Å². The van der Waals surface area contributed by atoms with Gasteiger partial charge in [-0.3, -0.25) is 9.52 Å². The third-order valence-corrected chi connectivity index (χ3v) is 8.26. The van der Waals surface area contributed by atoms with E-state index >= 15 is 0 Å². The molecule has 37 heavy (non-hydrogen) atoms. The lowest BCUT2D eigenvalue weighted by Gasteiger charge is -2.33. The topological polar surface area (TPSA) is 139 Å². The molecule has 1 aromatic carbocycles. The number of anilines is 2. The molecule has 1 saturated heterocycles. The summed E-state index contributed by atoms with van der Waals surface area (Å²) >= 11 is 0. The number of benzene rings is 1. The Balaban J connectivity index is 1.20. The van der Waals surface area contributed by atoms with Crippen molar-refractivity contribution in [3.05, 3.63) is 47.7 Å². The number of amides is 1. The van der Waals surface area contributed by atoms with E-state index in [0.29, 0.717) is 35.1 Å². The van der Waals surface area contributed by atoms with Crippen LogP contribution >= 0.6 is 0 Å².